The van der Waals surface area contributed by atoms with Gasteiger partial charge >= 0.3 is 5.97 Å². The topological polar surface area (TPSA) is 37.3 Å². The van der Waals surface area contributed by atoms with Crippen LogP contribution in [0.15, 0.2) is 47.4 Å². The Bertz CT molecular complexity index is 641. The van der Waals surface area contributed by atoms with Crippen molar-refractivity contribution >= 4 is 40.9 Å². The highest BCUT2D eigenvalue weighted by Gasteiger charge is 2.20. The van der Waals surface area contributed by atoms with Gasteiger partial charge in [-0.25, -0.2) is 0 Å². The van der Waals surface area contributed by atoms with E-state index in [1.165, 1.54) is 11.8 Å². The zero-order chi connectivity index (χ0) is 15.4. The molecule has 0 aliphatic rings. The van der Waals surface area contributed by atoms with Gasteiger partial charge in [0.05, 0.1) is 0 Å². The van der Waals surface area contributed by atoms with E-state index < -0.39 is 11.2 Å². The van der Waals surface area contributed by atoms with E-state index in [-0.39, 0.29) is 0 Å². The van der Waals surface area contributed by atoms with Crippen molar-refractivity contribution in [3.05, 3.63) is 63.6 Å². The molecule has 2 aromatic carbocycles. The first-order valence-electron chi connectivity index (χ1n) is 6.36. The summed E-state index contributed by atoms with van der Waals surface area (Å²) in [6.45, 7) is 1.91. The molecular weight excluding hydrogens is 327 g/mol. The van der Waals surface area contributed by atoms with Crippen molar-refractivity contribution in [2.75, 3.05) is 0 Å². The number of hydrogen-bond acceptors (Lipinski definition) is 2. The summed E-state index contributed by atoms with van der Waals surface area (Å²) >= 11 is 13.2. The molecule has 0 aromatic heterocycles. The molecule has 110 valence electrons. The quantitative estimate of drug-likeness (QED) is 0.770. The van der Waals surface area contributed by atoms with Crippen molar-refractivity contribution in [2.24, 2.45) is 0 Å². The van der Waals surface area contributed by atoms with Crippen molar-refractivity contribution in [3.8, 4) is 0 Å². The largest absolute Gasteiger partial charge is 0.480 e. The van der Waals surface area contributed by atoms with E-state index in [2.05, 4.69) is 0 Å². The summed E-state index contributed by atoms with van der Waals surface area (Å²) in [5, 5.41) is 10.2. The highest BCUT2D eigenvalue weighted by Crippen LogP contribution is 2.29. The van der Waals surface area contributed by atoms with Crippen LogP contribution in [-0.4, -0.2) is 16.3 Å². The molecular formula is C16H14Cl2O2S. The van der Waals surface area contributed by atoms with Gasteiger partial charge in [0.2, 0.25) is 0 Å². The molecule has 0 aliphatic heterocycles. The molecule has 0 fully saturated rings. The highest BCUT2D eigenvalue weighted by molar-refractivity contribution is 8.00. The maximum absolute atomic E-state index is 11.5. The average molecular weight is 341 g/mol. The van der Waals surface area contributed by atoms with Crippen LogP contribution >= 0.6 is 35.0 Å². The van der Waals surface area contributed by atoms with Crippen LogP contribution in [-0.2, 0) is 11.2 Å². The predicted octanol–water partition coefficient (Wildman–Crippen LogP) is 5.09. The first-order valence-corrected chi connectivity index (χ1v) is 8.00. The highest BCUT2D eigenvalue weighted by atomic mass is 35.5. The Kier molecular flexibility index (Phi) is 5.57. The molecule has 2 nitrogen and oxygen atoms in total. The molecule has 0 saturated heterocycles. The van der Waals surface area contributed by atoms with Gasteiger partial charge in [0.15, 0.2) is 0 Å². The van der Waals surface area contributed by atoms with Gasteiger partial charge in [-0.15, -0.1) is 11.8 Å². The third-order valence-corrected chi connectivity index (χ3v) is 5.01. The second-order valence-corrected chi connectivity index (χ2v) is 6.75. The standard InChI is InChI=1S/C16H14Cl2O2S/c1-10-11(3-2-4-14(10)18)9-15(16(19)20)21-13-7-5-12(17)6-8-13/h2-8,15H,9H2,1H3,(H,19,20). The number of benzene rings is 2. The molecule has 0 heterocycles. The van der Waals surface area contributed by atoms with Gasteiger partial charge in [0.25, 0.3) is 0 Å². The Hall–Kier alpha value is -1.16. The van der Waals surface area contributed by atoms with Gasteiger partial charge in [-0.3, -0.25) is 4.79 Å². The molecule has 0 radical (unpaired) electrons. The molecule has 1 N–H and O–H groups in total. The van der Waals surface area contributed by atoms with Crippen molar-refractivity contribution < 1.29 is 9.90 Å². The number of rotatable bonds is 5. The van der Waals surface area contributed by atoms with Crippen molar-refractivity contribution in [3.63, 3.8) is 0 Å². The fourth-order valence-electron chi connectivity index (χ4n) is 1.93. The fraction of sp³-hybridized carbons (Fsp3) is 0.188. The van der Waals surface area contributed by atoms with E-state index >= 15 is 0 Å². The summed E-state index contributed by atoms with van der Waals surface area (Å²) < 4.78 is 0. The Labute approximate surface area is 138 Å². The minimum atomic E-state index is -0.839. The van der Waals surface area contributed by atoms with Crippen LogP contribution in [0, 0.1) is 6.92 Å². The summed E-state index contributed by atoms with van der Waals surface area (Å²) in [4.78, 5) is 12.4. The lowest BCUT2D eigenvalue weighted by Crippen LogP contribution is -2.19. The maximum Gasteiger partial charge on any atom is 0.317 e. The monoisotopic (exact) mass is 340 g/mol. The van der Waals surface area contributed by atoms with Crippen LogP contribution in [0.1, 0.15) is 11.1 Å². The first-order chi connectivity index (χ1) is 9.97. The molecule has 21 heavy (non-hydrogen) atoms. The zero-order valence-corrected chi connectivity index (χ0v) is 13.7. The fourth-order valence-corrected chi connectivity index (χ4v) is 3.24. The molecule has 0 amide bonds. The SMILES string of the molecule is Cc1c(Cl)cccc1CC(Sc1ccc(Cl)cc1)C(=O)O. The van der Waals surface area contributed by atoms with Gasteiger partial charge in [-0.1, -0.05) is 35.3 Å². The molecule has 0 bridgehead atoms. The van der Waals surface area contributed by atoms with E-state index in [1.807, 2.05) is 37.3 Å². The van der Waals surface area contributed by atoms with E-state index in [0.29, 0.717) is 16.5 Å². The third kappa shape index (κ3) is 4.40. The molecule has 0 saturated carbocycles. The van der Waals surface area contributed by atoms with Crippen LogP contribution < -0.4 is 0 Å². The lowest BCUT2D eigenvalue weighted by Gasteiger charge is -2.14. The Balaban J connectivity index is 2.18. The van der Waals surface area contributed by atoms with Crippen molar-refractivity contribution in [1.29, 1.82) is 0 Å². The predicted molar refractivity (Wildman–Crippen MR) is 88.6 cm³/mol. The van der Waals surface area contributed by atoms with Gasteiger partial charge in [0.1, 0.15) is 5.25 Å². The minimum absolute atomic E-state index is 0.426. The smallest absolute Gasteiger partial charge is 0.317 e. The van der Waals surface area contributed by atoms with Crippen molar-refractivity contribution in [1.82, 2.24) is 0 Å². The second-order valence-electron chi connectivity index (χ2n) is 4.63. The van der Waals surface area contributed by atoms with E-state index in [0.717, 1.165) is 16.0 Å². The van der Waals surface area contributed by atoms with E-state index in [4.69, 9.17) is 23.2 Å². The number of aliphatic carboxylic acids is 1. The molecule has 1 atom stereocenters. The van der Waals surface area contributed by atoms with Gasteiger partial charge in [0, 0.05) is 14.9 Å². The van der Waals surface area contributed by atoms with Gasteiger partial charge in [-0.2, -0.15) is 0 Å². The van der Waals surface area contributed by atoms with E-state index in [1.54, 1.807) is 12.1 Å². The van der Waals surface area contributed by atoms with E-state index in [9.17, 15) is 9.90 Å². The molecule has 2 rings (SSSR count). The van der Waals surface area contributed by atoms with Gasteiger partial charge < -0.3 is 5.11 Å². The number of hydrogen-bond donors (Lipinski definition) is 1. The number of carboxylic acid groups (broad SMARTS) is 1. The normalized spacial score (nSPS) is 12.1. The summed E-state index contributed by atoms with van der Waals surface area (Å²) in [6, 6.07) is 12.7. The second kappa shape index (κ2) is 7.21. The van der Waals surface area contributed by atoms with Crippen LogP contribution in [0.3, 0.4) is 0 Å². The van der Waals surface area contributed by atoms with Crippen LogP contribution in [0.5, 0.6) is 0 Å². The van der Waals surface area contributed by atoms with Crippen LogP contribution in [0.4, 0.5) is 0 Å². The van der Waals surface area contributed by atoms with Gasteiger partial charge in [-0.05, 0) is 54.8 Å². The average Bonchev–Trinajstić information content (AvgIpc) is 2.45. The minimum Gasteiger partial charge on any atom is -0.480 e. The summed E-state index contributed by atoms with van der Waals surface area (Å²) in [7, 11) is 0. The van der Waals surface area contributed by atoms with Crippen LogP contribution in [0.2, 0.25) is 10.0 Å². The Morgan fingerprint density at radius 1 is 1.19 bits per heavy atom. The lowest BCUT2D eigenvalue weighted by atomic mass is 10.0. The number of carbonyl (C=O) groups is 1. The summed E-state index contributed by atoms with van der Waals surface area (Å²) in [5.74, 6) is -0.839. The summed E-state index contributed by atoms with van der Waals surface area (Å²) in [5.41, 5.74) is 1.89. The molecule has 2 aromatic rings. The zero-order valence-electron chi connectivity index (χ0n) is 11.3. The third-order valence-electron chi connectivity index (χ3n) is 3.15. The molecule has 0 spiro atoms. The first kappa shape index (κ1) is 16.2. The number of halogens is 2. The molecule has 5 heteroatoms. The lowest BCUT2D eigenvalue weighted by molar-refractivity contribution is -0.136. The summed E-state index contributed by atoms with van der Waals surface area (Å²) in [6.07, 6.45) is 0.426. The number of thioether (sulfide) groups is 1. The Morgan fingerprint density at radius 3 is 2.48 bits per heavy atom. The van der Waals surface area contributed by atoms with Crippen LogP contribution in [0.25, 0.3) is 0 Å². The maximum atomic E-state index is 11.5. The molecule has 1 unspecified atom stereocenters. The van der Waals surface area contributed by atoms with Crippen molar-refractivity contribution in [2.45, 2.75) is 23.5 Å². The molecule has 0 aliphatic carbocycles. The Morgan fingerprint density at radius 2 is 1.86 bits per heavy atom. The number of carboxylic acids is 1.